The Labute approximate surface area is 181 Å². The molecule has 0 atom stereocenters. The van der Waals surface area contributed by atoms with Crippen LogP contribution in [0.15, 0.2) is 66.4 Å². The summed E-state index contributed by atoms with van der Waals surface area (Å²) in [6, 6.07) is 16.2. The van der Waals surface area contributed by atoms with Gasteiger partial charge in [-0.1, -0.05) is 55.8 Å². The summed E-state index contributed by atoms with van der Waals surface area (Å²) >= 11 is 0. The van der Waals surface area contributed by atoms with E-state index in [1.54, 1.807) is 36.5 Å². The highest BCUT2D eigenvalue weighted by Gasteiger charge is 2.14. The number of carboxylic acids is 2. The van der Waals surface area contributed by atoms with E-state index in [1.165, 1.54) is 0 Å². The van der Waals surface area contributed by atoms with Crippen molar-refractivity contribution in [2.24, 2.45) is 0 Å². The number of aromatic nitrogens is 2. The topological polar surface area (TPSA) is 92.4 Å². The zero-order valence-electron chi connectivity index (χ0n) is 17.5. The molecule has 0 bridgehead atoms. The Morgan fingerprint density at radius 1 is 1.00 bits per heavy atom. The Balaban J connectivity index is 1.94. The largest absolute Gasteiger partial charge is 0.478 e. The van der Waals surface area contributed by atoms with E-state index in [0.29, 0.717) is 13.0 Å². The average molecular weight is 418 g/mol. The molecule has 0 radical (unpaired) electrons. The fraction of sp³-hybridized carbons (Fsp3) is 0.240. The molecule has 0 unspecified atom stereocenters. The minimum Gasteiger partial charge on any atom is -0.478 e. The molecule has 0 amide bonds. The van der Waals surface area contributed by atoms with Gasteiger partial charge in [0.1, 0.15) is 5.82 Å². The van der Waals surface area contributed by atoms with Crippen LogP contribution in [-0.2, 0) is 24.2 Å². The van der Waals surface area contributed by atoms with Crippen molar-refractivity contribution in [2.75, 3.05) is 0 Å². The Bertz CT molecular complexity index is 1070. The second-order valence-electron chi connectivity index (χ2n) is 7.43. The lowest BCUT2D eigenvalue weighted by Crippen LogP contribution is -2.09. The van der Waals surface area contributed by atoms with E-state index in [1.807, 2.05) is 34.9 Å². The standard InChI is InChI=1S/C25H26N2O4/c1-2-3-9-23-26-16-22(15-21(25(30)31)14-18-7-5-4-6-8-18)27(23)17-19-10-12-20(13-11-19)24(28)29/h4-8,10-13,15-16H,2-3,9,14,17H2,1H3,(H,28,29)(H,30,31)/b21-15+. The summed E-state index contributed by atoms with van der Waals surface area (Å²) in [5, 5.41) is 18.9. The van der Waals surface area contributed by atoms with Crippen molar-refractivity contribution in [1.29, 1.82) is 0 Å². The maximum absolute atomic E-state index is 11.9. The summed E-state index contributed by atoms with van der Waals surface area (Å²) in [5.41, 5.74) is 3.10. The second-order valence-corrected chi connectivity index (χ2v) is 7.43. The molecular weight excluding hydrogens is 392 g/mol. The van der Waals surface area contributed by atoms with Gasteiger partial charge < -0.3 is 14.8 Å². The molecule has 0 aliphatic carbocycles. The van der Waals surface area contributed by atoms with Gasteiger partial charge in [-0.05, 0) is 35.8 Å². The van der Waals surface area contributed by atoms with Crippen LogP contribution in [0.2, 0.25) is 0 Å². The van der Waals surface area contributed by atoms with Gasteiger partial charge in [-0.2, -0.15) is 0 Å². The third-order valence-electron chi connectivity index (χ3n) is 5.10. The second kappa shape index (κ2) is 10.4. The number of imidazole rings is 1. The van der Waals surface area contributed by atoms with Crippen molar-refractivity contribution in [3.8, 4) is 0 Å². The normalized spacial score (nSPS) is 11.5. The molecule has 6 heteroatoms. The molecule has 1 heterocycles. The maximum atomic E-state index is 11.9. The quantitative estimate of drug-likeness (QED) is 0.466. The predicted octanol–water partition coefficient (Wildman–Crippen LogP) is 4.68. The third-order valence-corrected chi connectivity index (χ3v) is 5.10. The highest BCUT2D eigenvalue weighted by molar-refractivity contribution is 5.92. The Kier molecular flexibility index (Phi) is 7.38. The number of carboxylic acid groups (broad SMARTS) is 2. The van der Waals surface area contributed by atoms with Gasteiger partial charge in [-0.15, -0.1) is 0 Å². The third kappa shape index (κ3) is 5.92. The van der Waals surface area contributed by atoms with Crippen LogP contribution >= 0.6 is 0 Å². The molecule has 0 aliphatic rings. The number of hydrogen-bond donors (Lipinski definition) is 2. The van der Waals surface area contributed by atoms with E-state index < -0.39 is 11.9 Å². The van der Waals surface area contributed by atoms with Crippen LogP contribution in [-0.4, -0.2) is 31.7 Å². The van der Waals surface area contributed by atoms with Crippen molar-refractivity contribution in [2.45, 2.75) is 39.2 Å². The lowest BCUT2D eigenvalue weighted by molar-refractivity contribution is -0.132. The summed E-state index contributed by atoms with van der Waals surface area (Å²) in [5.74, 6) is -1.04. The summed E-state index contributed by atoms with van der Waals surface area (Å²) in [4.78, 5) is 27.6. The minimum absolute atomic E-state index is 0.233. The Hall–Kier alpha value is -3.67. The molecule has 3 rings (SSSR count). The van der Waals surface area contributed by atoms with E-state index in [9.17, 15) is 14.7 Å². The lowest BCUT2D eigenvalue weighted by atomic mass is 10.0. The molecule has 0 spiro atoms. The Morgan fingerprint density at radius 2 is 1.71 bits per heavy atom. The van der Waals surface area contributed by atoms with E-state index >= 15 is 0 Å². The number of aliphatic carboxylic acids is 1. The fourth-order valence-electron chi connectivity index (χ4n) is 3.38. The van der Waals surface area contributed by atoms with Gasteiger partial charge in [-0.25, -0.2) is 14.6 Å². The van der Waals surface area contributed by atoms with Gasteiger partial charge in [0.2, 0.25) is 0 Å². The van der Waals surface area contributed by atoms with Crippen molar-refractivity contribution < 1.29 is 19.8 Å². The molecule has 160 valence electrons. The van der Waals surface area contributed by atoms with Gasteiger partial charge in [-0.3, -0.25) is 0 Å². The number of aryl methyl sites for hydroxylation is 1. The molecule has 0 fully saturated rings. The van der Waals surface area contributed by atoms with Crippen LogP contribution in [0.3, 0.4) is 0 Å². The van der Waals surface area contributed by atoms with Crippen LogP contribution in [0.4, 0.5) is 0 Å². The first kappa shape index (κ1) is 22.0. The summed E-state index contributed by atoms with van der Waals surface area (Å²) in [7, 11) is 0. The first-order valence-corrected chi connectivity index (χ1v) is 10.3. The molecule has 2 N–H and O–H groups in total. The molecule has 1 aromatic heterocycles. The first-order chi connectivity index (χ1) is 15.0. The summed E-state index contributed by atoms with van der Waals surface area (Å²) in [6.07, 6.45) is 6.51. The number of nitrogens with zero attached hydrogens (tertiary/aromatic N) is 2. The van der Waals surface area contributed by atoms with E-state index in [-0.39, 0.29) is 11.1 Å². The number of rotatable bonds is 10. The Morgan fingerprint density at radius 3 is 2.32 bits per heavy atom. The van der Waals surface area contributed by atoms with Crippen molar-refractivity contribution >= 4 is 18.0 Å². The van der Waals surface area contributed by atoms with Gasteiger partial charge >= 0.3 is 11.9 Å². The molecule has 0 saturated carbocycles. The van der Waals surface area contributed by atoms with Gasteiger partial charge in [0.15, 0.2) is 0 Å². The van der Waals surface area contributed by atoms with Crippen molar-refractivity contribution in [3.63, 3.8) is 0 Å². The smallest absolute Gasteiger partial charge is 0.335 e. The number of hydrogen-bond acceptors (Lipinski definition) is 3. The zero-order valence-corrected chi connectivity index (χ0v) is 17.5. The van der Waals surface area contributed by atoms with E-state index in [2.05, 4.69) is 11.9 Å². The van der Waals surface area contributed by atoms with Crippen LogP contribution in [0.25, 0.3) is 6.08 Å². The fourth-order valence-corrected chi connectivity index (χ4v) is 3.38. The lowest BCUT2D eigenvalue weighted by Gasteiger charge is -2.12. The number of aromatic carboxylic acids is 1. The van der Waals surface area contributed by atoms with Crippen molar-refractivity contribution in [1.82, 2.24) is 9.55 Å². The van der Waals surface area contributed by atoms with Crippen LogP contribution in [0, 0.1) is 0 Å². The van der Waals surface area contributed by atoms with Crippen LogP contribution < -0.4 is 0 Å². The van der Waals surface area contributed by atoms with Crippen LogP contribution in [0.1, 0.15) is 52.8 Å². The minimum atomic E-state index is -0.964. The highest BCUT2D eigenvalue weighted by atomic mass is 16.4. The molecular formula is C25H26N2O4. The monoisotopic (exact) mass is 418 g/mol. The summed E-state index contributed by atoms with van der Waals surface area (Å²) < 4.78 is 2.01. The molecule has 0 aliphatic heterocycles. The molecule has 2 aromatic carbocycles. The summed E-state index contributed by atoms with van der Waals surface area (Å²) in [6.45, 7) is 2.60. The SMILES string of the molecule is CCCCc1ncc(/C=C(\Cc2ccccc2)C(=O)O)n1Cc1ccc(C(=O)O)cc1. The highest BCUT2D eigenvalue weighted by Crippen LogP contribution is 2.18. The van der Waals surface area contributed by atoms with E-state index in [4.69, 9.17) is 5.11 Å². The van der Waals surface area contributed by atoms with Crippen LogP contribution in [0.5, 0.6) is 0 Å². The number of benzene rings is 2. The molecule has 6 nitrogen and oxygen atoms in total. The number of carbonyl (C=O) groups is 2. The van der Waals surface area contributed by atoms with Gasteiger partial charge in [0.25, 0.3) is 0 Å². The molecule has 0 saturated heterocycles. The first-order valence-electron chi connectivity index (χ1n) is 10.3. The molecule has 31 heavy (non-hydrogen) atoms. The van der Waals surface area contributed by atoms with E-state index in [0.717, 1.165) is 41.9 Å². The predicted molar refractivity (Wildman–Crippen MR) is 119 cm³/mol. The number of unbranched alkanes of at least 4 members (excludes halogenated alkanes) is 1. The van der Waals surface area contributed by atoms with Gasteiger partial charge in [0.05, 0.1) is 17.5 Å². The van der Waals surface area contributed by atoms with Crippen molar-refractivity contribution in [3.05, 3.63) is 94.6 Å². The molecule has 3 aromatic rings. The average Bonchev–Trinajstić information content (AvgIpc) is 3.14. The zero-order chi connectivity index (χ0) is 22.2. The maximum Gasteiger partial charge on any atom is 0.335 e. The van der Waals surface area contributed by atoms with Gasteiger partial charge in [0, 0.05) is 25.0 Å².